The van der Waals surface area contributed by atoms with Crippen molar-refractivity contribution in [3.05, 3.63) is 28.2 Å². The van der Waals surface area contributed by atoms with Crippen LogP contribution >= 0.6 is 27.7 Å². The normalized spacial score (nSPS) is 24.2. The first-order chi connectivity index (χ1) is 7.26. The molecule has 1 aliphatic rings. The molecule has 0 saturated heterocycles. The lowest BCUT2D eigenvalue weighted by molar-refractivity contribution is 0.544. The van der Waals surface area contributed by atoms with Crippen LogP contribution in [0, 0.1) is 0 Å². The van der Waals surface area contributed by atoms with Crippen LogP contribution in [0.3, 0.4) is 0 Å². The zero-order valence-electron chi connectivity index (χ0n) is 9.09. The van der Waals surface area contributed by atoms with Crippen LogP contribution in [-0.2, 0) is 0 Å². The lowest BCUT2D eigenvalue weighted by atomic mass is 10.0. The molecular weight excluding hydrogens is 270 g/mol. The monoisotopic (exact) mass is 285 g/mol. The van der Waals surface area contributed by atoms with Gasteiger partial charge in [0.05, 0.1) is 0 Å². The molecule has 1 aromatic carbocycles. The molecule has 15 heavy (non-hydrogen) atoms. The third kappa shape index (κ3) is 2.24. The molecule has 0 aliphatic carbocycles. The quantitative estimate of drug-likeness (QED) is 0.902. The number of halogens is 1. The molecule has 2 unspecified atom stereocenters. The van der Waals surface area contributed by atoms with Crippen LogP contribution in [0.15, 0.2) is 27.6 Å². The van der Waals surface area contributed by atoms with Crippen LogP contribution in [0.5, 0.6) is 0 Å². The fraction of sp³-hybridized carbons (Fsp3) is 0.500. The summed E-state index contributed by atoms with van der Waals surface area (Å²) in [5, 5.41) is 4.14. The van der Waals surface area contributed by atoms with Gasteiger partial charge >= 0.3 is 0 Å². The van der Waals surface area contributed by atoms with Gasteiger partial charge in [0.1, 0.15) is 0 Å². The van der Waals surface area contributed by atoms with E-state index in [1.807, 2.05) is 11.8 Å². The van der Waals surface area contributed by atoms with Crippen molar-refractivity contribution in [1.82, 2.24) is 5.32 Å². The molecule has 2 rings (SSSR count). The highest BCUT2D eigenvalue weighted by atomic mass is 79.9. The Labute approximate surface area is 104 Å². The summed E-state index contributed by atoms with van der Waals surface area (Å²) < 4.78 is 1.18. The van der Waals surface area contributed by atoms with E-state index < -0.39 is 0 Å². The predicted octanol–water partition coefficient (Wildman–Crippen LogP) is 3.98. The molecule has 0 fully saturated rings. The van der Waals surface area contributed by atoms with E-state index >= 15 is 0 Å². The van der Waals surface area contributed by atoms with Crippen LogP contribution in [0.25, 0.3) is 0 Å². The van der Waals surface area contributed by atoms with Gasteiger partial charge in [-0.05, 0) is 37.2 Å². The number of hydrogen-bond acceptors (Lipinski definition) is 2. The Bertz CT molecular complexity index is 353. The summed E-state index contributed by atoms with van der Waals surface area (Å²) in [4.78, 5) is 1.44. The minimum atomic E-state index is 0.516. The number of hydrogen-bond donors (Lipinski definition) is 1. The Hall–Kier alpha value is 0.01000. The summed E-state index contributed by atoms with van der Waals surface area (Å²) in [6.07, 6.45) is 2.54. The SMILES string of the molecule is CCCC1Sc2ccc(Br)cc2C1NC. The van der Waals surface area contributed by atoms with Gasteiger partial charge in [-0.15, -0.1) is 11.8 Å². The molecule has 0 amide bonds. The van der Waals surface area contributed by atoms with Gasteiger partial charge in [0, 0.05) is 20.7 Å². The third-order valence-electron chi connectivity index (χ3n) is 2.84. The second-order valence-corrected chi connectivity index (χ2v) is 6.09. The molecule has 0 spiro atoms. The van der Waals surface area contributed by atoms with E-state index in [0.717, 1.165) is 0 Å². The van der Waals surface area contributed by atoms with Gasteiger partial charge in [-0.3, -0.25) is 0 Å². The first kappa shape index (κ1) is 11.5. The van der Waals surface area contributed by atoms with Crippen molar-refractivity contribution in [2.24, 2.45) is 0 Å². The van der Waals surface area contributed by atoms with Gasteiger partial charge < -0.3 is 5.32 Å². The number of benzene rings is 1. The fourth-order valence-corrected chi connectivity index (χ4v) is 4.10. The topological polar surface area (TPSA) is 12.0 Å². The molecule has 1 nitrogen and oxygen atoms in total. The largest absolute Gasteiger partial charge is 0.312 e. The van der Waals surface area contributed by atoms with Gasteiger partial charge in [-0.1, -0.05) is 29.3 Å². The molecule has 0 radical (unpaired) electrons. The van der Waals surface area contributed by atoms with Gasteiger partial charge in [0.25, 0.3) is 0 Å². The smallest absolute Gasteiger partial charge is 0.0453 e. The van der Waals surface area contributed by atoms with E-state index in [2.05, 4.69) is 53.4 Å². The number of fused-ring (bicyclic) bond motifs is 1. The highest BCUT2D eigenvalue weighted by Gasteiger charge is 2.31. The Morgan fingerprint density at radius 1 is 1.47 bits per heavy atom. The molecular formula is C12H16BrNS. The molecule has 0 saturated carbocycles. The Morgan fingerprint density at radius 3 is 2.93 bits per heavy atom. The number of thioether (sulfide) groups is 1. The molecule has 1 aliphatic heterocycles. The minimum absolute atomic E-state index is 0.516. The van der Waals surface area contributed by atoms with Gasteiger partial charge in [0.2, 0.25) is 0 Å². The van der Waals surface area contributed by atoms with Crippen molar-refractivity contribution in [3.63, 3.8) is 0 Å². The van der Waals surface area contributed by atoms with Crippen molar-refractivity contribution in [2.45, 2.75) is 36.0 Å². The van der Waals surface area contributed by atoms with Crippen LogP contribution < -0.4 is 5.32 Å². The Balaban J connectivity index is 2.29. The van der Waals surface area contributed by atoms with Gasteiger partial charge in [0.15, 0.2) is 0 Å². The maximum atomic E-state index is 3.54. The summed E-state index contributed by atoms with van der Waals surface area (Å²) in [6.45, 7) is 2.26. The summed E-state index contributed by atoms with van der Waals surface area (Å²) in [6, 6.07) is 7.12. The number of rotatable bonds is 3. The predicted molar refractivity (Wildman–Crippen MR) is 70.5 cm³/mol. The molecule has 0 bridgehead atoms. The molecule has 0 aromatic heterocycles. The standard InChI is InChI=1S/C12H16BrNS/c1-3-4-11-12(14-2)9-7-8(13)5-6-10(9)15-11/h5-7,11-12,14H,3-4H2,1-2H3. The van der Waals surface area contributed by atoms with E-state index in [1.165, 1.54) is 27.8 Å². The van der Waals surface area contributed by atoms with Gasteiger partial charge in [-0.25, -0.2) is 0 Å². The zero-order valence-corrected chi connectivity index (χ0v) is 11.5. The highest BCUT2D eigenvalue weighted by Crippen LogP contribution is 2.46. The maximum Gasteiger partial charge on any atom is 0.0453 e. The maximum absolute atomic E-state index is 3.54. The van der Waals surface area contributed by atoms with Gasteiger partial charge in [-0.2, -0.15) is 0 Å². The van der Waals surface area contributed by atoms with E-state index in [1.54, 1.807) is 0 Å². The number of nitrogens with one attached hydrogen (secondary N) is 1. The zero-order chi connectivity index (χ0) is 10.8. The van der Waals surface area contributed by atoms with E-state index in [-0.39, 0.29) is 0 Å². The highest BCUT2D eigenvalue weighted by molar-refractivity contribution is 9.10. The lowest BCUT2D eigenvalue weighted by Gasteiger charge is -2.18. The molecule has 1 heterocycles. The van der Waals surface area contributed by atoms with Crippen molar-refractivity contribution in [1.29, 1.82) is 0 Å². The minimum Gasteiger partial charge on any atom is -0.312 e. The van der Waals surface area contributed by atoms with Crippen molar-refractivity contribution in [3.8, 4) is 0 Å². The average molecular weight is 286 g/mol. The van der Waals surface area contributed by atoms with Crippen molar-refractivity contribution < 1.29 is 0 Å². The van der Waals surface area contributed by atoms with Crippen LogP contribution in [0.4, 0.5) is 0 Å². The average Bonchev–Trinajstić information content (AvgIpc) is 2.55. The lowest BCUT2D eigenvalue weighted by Crippen LogP contribution is -2.23. The fourth-order valence-electron chi connectivity index (χ4n) is 2.15. The summed E-state index contributed by atoms with van der Waals surface area (Å²) in [7, 11) is 2.06. The Morgan fingerprint density at radius 2 is 2.27 bits per heavy atom. The summed E-state index contributed by atoms with van der Waals surface area (Å²) >= 11 is 5.56. The van der Waals surface area contributed by atoms with E-state index in [0.29, 0.717) is 11.3 Å². The molecule has 2 atom stereocenters. The second-order valence-electron chi connectivity index (χ2n) is 3.89. The Kier molecular flexibility index (Phi) is 3.75. The van der Waals surface area contributed by atoms with E-state index in [4.69, 9.17) is 0 Å². The summed E-state index contributed by atoms with van der Waals surface area (Å²) in [5.41, 5.74) is 1.45. The van der Waals surface area contributed by atoms with Crippen molar-refractivity contribution in [2.75, 3.05) is 7.05 Å². The van der Waals surface area contributed by atoms with Crippen molar-refractivity contribution >= 4 is 27.7 Å². The van der Waals surface area contributed by atoms with Crippen LogP contribution in [0.2, 0.25) is 0 Å². The molecule has 82 valence electrons. The molecule has 1 N–H and O–H groups in total. The van der Waals surface area contributed by atoms with E-state index in [9.17, 15) is 0 Å². The van der Waals surface area contributed by atoms with Crippen LogP contribution in [0.1, 0.15) is 31.4 Å². The first-order valence-electron chi connectivity index (χ1n) is 5.39. The summed E-state index contributed by atoms with van der Waals surface area (Å²) in [5.74, 6) is 0. The first-order valence-corrected chi connectivity index (χ1v) is 7.07. The third-order valence-corrected chi connectivity index (χ3v) is 4.77. The van der Waals surface area contributed by atoms with Crippen LogP contribution in [-0.4, -0.2) is 12.3 Å². The molecule has 1 aromatic rings. The molecule has 3 heteroatoms. The second kappa shape index (κ2) is 4.89.